The Morgan fingerprint density at radius 2 is 2.35 bits per heavy atom. The van der Waals surface area contributed by atoms with Gasteiger partial charge in [-0.2, -0.15) is 0 Å². The highest BCUT2D eigenvalue weighted by atomic mass is 16.5. The van der Waals surface area contributed by atoms with E-state index < -0.39 is 0 Å². The van der Waals surface area contributed by atoms with Crippen LogP contribution in [-0.4, -0.2) is 74.5 Å². The number of piperidine rings is 1. The Bertz CT molecular complexity index is 242. The zero-order chi connectivity index (χ0) is 12.3. The molecule has 1 N–H and O–H groups in total. The van der Waals surface area contributed by atoms with Gasteiger partial charge in [-0.1, -0.05) is 0 Å². The maximum Gasteiger partial charge on any atom is 0.0557 e. The smallest absolute Gasteiger partial charge is 0.0557 e. The third-order valence-electron chi connectivity index (χ3n) is 4.33. The van der Waals surface area contributed by atoms with Crippen molar-refractivity contribution in [3.05, 3.63) is 0 Å². The first-order chi connectivity index (χ1) is 8.15. The fourth-order valence-corrected chi connectivity index (χ4v) is 3.11. The summed E-state index contributed by atoms with van der Waals surface area (Å²) in [5.74, 6) is 0. The van der Waals surface area contributed by atoms with Gasteiger partial charge in [-0.15, -0.1) is 0 Å². The van der Waals surface area contributed by atoms with E-state index in [0.717, 1.165) is 32.7 Å². The maximum atomic E-state index is 9.60. The van der Waals surface area contributed by atoms with Crippen LogP contribution in [0.15, 0.2) is 0 Å². The van der Waals surface area contributed by atoms with Crippen LogP contribution in [0, 0.1) is 5.41 Å². The minimum atomic E-state index is -0.00916. The van der Waals surface area contributed by atoms with Crippen molar-refractivity contribution in [1.29, 1.82) is 0 Å². The van der Waals surface area contributed by atoms with E-state index in [4.69, 9.17) is 4.74 Å². The van der Waals surface area contributed by atoms with Gasteiger partial charge in [0.1, 0.15) is 0 Å². The van der Waals surface area contributed by atoms with Gasteiger partial charge in [0.2, 0.25) is 0 Å². The predicted octanol–water partition coefficient (Wildman–Crippen LogP) is 0.411. The second-order valence-corrected chi connectivity index (χ2v) is 5.93. The summed E-state index contributed by atoms with van der Waals surface area (Å²) in [5, 5.41) is 9.60. The molecule has 0 saturated carbocycles. The van der Waals surface area contributed by atoms with E-state index in [1.807, 2.05) is 0 Å². The molecule has 2 heterocycles. The van der Waals surface area contributed by atoms with Crippen molar-refractivity contribution in [2.24, 2.45) is 5.41 Å². The summed E-state index contributed by atoms with van der Waals surface area (Å²) in [6.07, 6.45) is 3.56. The van der Waals surface area contributed by atoms with Crippen molar-refractivity contribution in [2.75, 3.05) is 53.6 Å². The lowest BCUT2D eigenvalue weighted by atomic mass is 9.87. The van der Waals surface area contributed by atoms with Crippen molar-refractivity contribution in [3.8, 4) is 0 Å². The SMILES string of the molecule is CN1CCCC(N(C)CC2(CO)CCOC2)C1. The van der Waals surface area contributed by atoms with Crippen molar-refractivity contribution in [1.82, 2.24) is 9.80 Å². The number of likely N-dealkylation sites (N-methyl/N-ethyl adjacent to an activating group) is 2. The maximum absolute atomic E-state index is 9.60. The second kappa shape index (κ2) is 5.65. The fraction of sp³-hybridized carbons (Fsp3) is 1.00. The summed E-state index contributed by atoms with van der Waals surface area (Å²) in [6, 6.07) is 0.637. The minimum Gasteiger partial charge on any atom is -0.396 e. The first-order valence-electron chi connectivity index (χ1n) is 6.73. The number of hydrogen-bond donors (Lipinski definition) is 1. The number of nitrogens with zero attached hydrogens (tertiary/aromatic N) is 2. The quantitative estimate of drug-likeness (QED) is 0.775. The molecule has 2 saturated heterocycles. The van der Waals surface area contributed by atoms with Crippen LogP contribution < -0.4 is 0 Å². The van der Waals surface area contributed by atoms with Gasteiger partial charge in [0.15, 0.2) is 0 Å². The van der Waals surface area contributed by atoms with E-state index in [-0.39, 0.29) is 12.0 Å². The highest BCUT2D eigenvalue weighted by molar-refractivity contribution is 4.88. The van der Waals surface area contributed by atoms with E-state index in [2.05, 4.69) is 23.9 Å². The third kappa shape index (κ3) is 3.19. The standard InChI is InChI=1S/C13H26N2O2/c1-14-6-3-4-12(8-14)15(2)9-13(10-16)5-7-17-11-13/h12,16H,3-11H2,1-2H3. The van der Waals surface area contributed by atoms with E-state index in [1.54, 1.807) is 0 Å². The van der Waals surface area contributed by atoms with Gasteiger partial charge >= 0.3 is 0 Å². The van der Waals surface area contributed by atoms with E-state index in [0.29, 0.717) is 6.04 Å². The molecule has 100 valence electrons. The monoisotopic (exact) mass is 242 g/mol. The van der Waals surface area contributed by atoms with E-state index >= 15 is 0 Å². The highest BCUT2D eigenvalue weighted by Gasteiger charge is 2.37. The summed E-state index contributed by atoms with van der Waals surface area (Å²) < 4.78 is 5.46. The van der Waals surface area contributed by atoms with Gasteiger partial charge in [0.05, 0.1) is 13.2 Å². The normalized spacial score (nSPS) is 35.6. The van der Waals surface area contributed by atoms with Crippen molar-refractivity contribution >= 4 is 0 Å². The molecule has 0 aliphatic carbocycles. The lowest BCUT2D eigenvalue weighted by Gasteiger charge is -2.39. The number of ether oxygens (including phenoxy) is 1. The molecule has 0 bridgehead atoms. The van der Waals surface area contributed by atoms with Crippen molar-refractivity contribution < 1.29 is 9.84 Å². The van der Waals surface area contributed by atoms with Crippen LogP contribution >= 0.6 is 0 Å². The average molecular weight is 242 g/mol. The molecule has 2 fully saturated rings. The molecule has 2 aliphatic heterocycles. The van der Waals surface area contributed by atoms with Crippen LogP contribution in [0.3, 0.4) is 0 Å². The van der Waals surface area contributed by atoms with Crippen LogP contribution in [0.1, 0.15) is 19.3 Å². The average Bonchev–Trinajstić information content (AvgIpc) is 2.78. The van der Waals surface area contributed by atoms with Crippen molar-refractivity contribution in [2.45, 2.75) is 25.3 Å². The Labute approximate surface area is 105 Å². The lowest BCUT2D eigenvalue weighted by molar-refractivity contribution is 0.0373. The Morgan fingerprint density at radius 1 is 1.53 bits per heavy atom. The van der Waals surface area contributed by atoms with E-state index in [1.165, 1.54) is 19.4 Å². The summed E-state index contributed by atoms with van der Waals surface area (Å²) >= 11 is 0. The van der Waals surface area contributed by atoms with Gasteiger partial charge in [0.25, 0.3) is 0 Å². The Balaban J connectivity index is 1.88. The number of hydrogen-bond acceptors (Lipinski definition) is 4. The molecule has 2 rings (SSSR count). The predicted molar refractivity (Wildman–Crippen MR) is 68.1 cm³/mol. The number of aliphatic hydroxyl groups is 1. The van der Waals surface area contributed by atoms with Gasteiger partial charge in [0, 0.05) is 31.2 Å². The molecule has 4 heteroatoms. The molecule has 0 amide bonds. The molecular weight excluding hydrogens is 216 g/mol. The van der Waals surface area contributed by atoms with Crippen LogP contribution in [0.4, 0.5) is 0 Å². The van der Waals surface area contributed by atoms with Gasteiger partial charge < -0.3 is 19.6 Å². The molecule has 2 atom stereocenters. The summed E-state index contributed by atoms with van der Waals surface area (Å²) in [5.41, 5.74) is -0.00916. The molecule has 0 radical (unpaired) electrons. The third-order valence-corrected chi connectivity index (χ3v) is 4.33. The summed E-state index contributed by atoms with van der Waals surface area (Å²) in [6.45, 7) is 5.11. The first-order valence-corrected chi connectivity index (χ1v) is 6.73. The summed E-state index contributed by atoms with van der Waals surface area (Å²) in [4.78, 5) is 4.84. The van der Waals surface area contributed by atoms with Crippen LogP contribution in [0.5, 0.6) is 0 Å². The number of likely N-dealkylation sites (tertiary alicyclic amines) is 1. The van der Waals surface area contributed by atoms with Gasteiger partial charge in [-0.25, -0.2) is 0 Å². The molecule has 0 aromatic heterocycles. The van der Waals surface area contributed by atoms with Crippen LogP contribution in [0.25, 0.3) is 0 Å². The Kier molecular flexibility index (Phi) is 4.42. The lowest BCUT2D eigenvalue weighted by Crippen LogP contribution is -2.49. The zero-order valence-electron chi connectivity index (χ0n) is 11.2. The van der Waals surface area contributed by atoms with Gasteiger partial charge in [-0.3, -0.25) is 0 Å². The van der Waals surface area contributed by atoms with Gasteiger partial charge in [-0.05, 0) is 39.9 Å². The minimum absolute atomic E-state index is 0.00916. The molecule has 0 aromatic carbocycles. The largest absolute Gasteiger partial charge is 0.396 e. The molecule has 2 unspecified atom stereocenters. The summed E-state index contributed by atoms with van der Waals surface area (Å²) in [7, 11) is 4.39. The van der Waals surface area contributed by atoms with E-state index in [9.17, 15) is 5.11 Å². The topological polar surface area (TPSA) is 35.9 Å². The molecule has 0 aromatic rings. The molecule has 4 nitrogen and oxygen atoms in total. The second-order valence-electron chi connectivity index (χ2n) is 5.93. The Hall–Kier alpha value is -0.160. The number of rotatable bonds is 4. The molecule has 17 heavy (non-hydrogen) atoms. The fourth-order valence-electron chi connectivity index (χ4n) is 3.11. The first kappa shape index (κ1) is 13.3. The molecule has 2 aliphatic rings. The highest BCUT2D eigenvalue weighted by Crippen LogP contribution is 2.30. The Morgan fingerprint density at radius 3 is 2.94 bits per heavy atom. The molecular formula is C13H26N2O2. The zero-order valence-corrected chi connectivity index (χ0v) is 11.2. The van der Waals surface area contributed by atoms with Crippen molar-refractivity contribution in [3.63, 3.8) is 0 Å². The van der Waals surface area contributed by atoms with Crippen LogP contribution in [-0.2, 0) is 4.74 Å². The number of aliphatic hydroxyl groups excluding tert-OH is 1. The molecule has 0 spiro atoms. The van der Waals surface area contributed by atoms with Crippen LogP contribution in [0.2, 0.25) is 0 Å².